The number of aromatic nitrogens is 2. The van der Waals surface area contributed by atoms with Crippen LogP contribution in [0, 0.1) is 12.7 Å². The lowest BCUT2D eigenvalue weighted by Gasteiger charge is -2.28. The Morgan fingerprint density at radius 1 is 1.19 bits per heavy atom. The molecule has 0 saturated carbocycles. The molecular formula is C24H23FN4O3. The lowest BCUT2D eigenvalue weighted by atomic mass is 10.0. The topological polar surface area (TPSA) is 70.6 Å². The Hall–Kier alpha value is -3.81. The van der Waals surface area contributed by atoms with Gasteiger partial charge in [0.2, 0.25) is 0 Å². The molecule has 0 unspecified atom stereocenters. The summed E-state index contributed by atoms with van der Waals surface area (Å²) in [6.07, 6.45) is 5.63. The van der Waals surface area contributed by atoms with E-state index in [1.54, 1.807) is 26.2 Å². The Morgan fingerprint density at radius 3 is 2.72 bits per heavy atom. The van der Waals surface area contributed by atoms with E-state index < -0.39 is 5.82 Å². The van der Waals surface area contributed by atoms with Gasteiger partial charge in [-0.2, -0.15) is 0 Å². The maximum absolute atomic E-state index is 14.4. The number of carbonyl (C=O) groups excluding carboxylic acids is 1. The Labute approximate surface area is 184 Å². The van der Waals surface area contributed by atoms with Gasteiger partial charge in [0.1, 0.15) is 22.8 Å². The molecule has 7 nitrogen and oxygen atoms in total. The molecule has 0 spiro atoms. The van der Waals surface area contributed by atoms with Gasteiger partial charge in [-0.15, -0.1) is 0 Å². The van der Waals surface area contributed by atoms with E-state index in [2.05, 4.69) is 4.98 Å². The number of likely N-dealkylation sites (N-methyl/N-ethyl adjacent to an activating group) is 1. The van der Waals surface area contributed by atoms with Gasteiger partial charge in [0, 0.05) is 49.4 Å². The van der Waals surface area contributed by atoms with Crippen molar-refractivity contribution in [3.8, 4) is 5.75 Å². The SMILES string of the molecule is CCN1C(=O)c2cc3c(cn(C)c(=O)c3[nH]2)C2=C(CN(C)C=C2)Oc2c(C)cc(F)cc21. The quantitative estimate of drug-likeness (QED) is 0.636. The van der Waals surface area contributed by atoms with E-state index in [1.165, 1.54) is 21.6 Å². The summed E-state index contributed by atoms with van der Waals surface area (Å²) in [4.78, 5) is 32.8. The number of benzene rings is 1. The highest BCUT2D eigenvalue weighted by Gasteiger charge is 2.28. The van der Waals surface area contributed by atoms with Crippen molar-refractivity contribution in [1.82, 2.24) is 14.5 Å². The third kappa shape index (κ3) is 2.94. The molecule has 1 N–H and O–H groups in total. The predicted octanol–water partition coefficient (Wildman–Crippen LogP) is 3.54. The first kappa shape index (κ1) is 20.1. The van der Waals surface area contributed by atoms with Crippen molar-refractivity contribution in [2.24, 2.45) is 7.05 Å². The van der Waals surface area contributed by atoms with Crippen LogP contribution >= 0.6 is 0 Å². The van der Waals surface area contributed by atoms with Gasteiger partial charge in [0.05, 0.1) is 12.2 Å². The molecule has 164 valence electrons. The monoisotopic (exact) mass is 434 g/mol. The largest absolute Gasteiger partial charge is 0.457 e. The number of hydrogen-bond acceptors (Lipinski definition) is 4. The lowest BCUT2D eigenvalue weighted by molar-refractivity contribution is 0.0983. The fourth-order valence-electron chi connectivity index (χ4n) is 4.39. The minimum atomic E-state index is -0.452. The zero-order valence-corrected chi connectivity index (χ0v) is 18.3. The van der Waals surface area contributed by atoms with E-state index in [0.29, 0.717) is 46.8 Å². The highest BCUT2D eigenvalue weighted by atomic mass is 19.1. The Bertz CT molecular complexity index is 1410. The summed E-state index contributed by atoms with van der Waals surface area (Å²) in [7, 11) is 3.61. The van der Waals surface area contributed by atoms with Crippen molar-refractivity contribution in [1.29, 1.82) is 0 Å². The second-order valence-corrected chi connectivity index (χ2v) is 8.22. The average molecular weight is 434 g/mol. The zero-order chi connectivity index (χ0) is 22.7. The number of nitrogens with zero attached hydrogens (tertiary/aromatic N) is 3. The van der Waals surface area contributed by atoms with E-state index in [4.69, 9.17) is 4.74 Å². The Kier molecular flexibility index (Phi) is 4.47. The van der Waals surface area contributed by atoms with E-state index in [9.17, 15) is 14.0 Å². The highest BCUT2D eigenvalue weighted by Crippen LogP contribution is 2.39. The second-order valence-electron chi connectivity index (χ2n) is 8.22. The van der Waals surface area contributed by atoms with Crippen molar-refractivity contribution in [3.63, 3.8) is 0 Å². The number of aromatic amines is 1. The number of halogens is 1. The van der Waals surface area contributed by atoms with Gasteiger partial charge in [0.25, 0.3) is 11.5 Å². The van der Waals surface area contributed by atoms with Gasteiger partial charge in [-0.25, -0.2) is 4.39 Å². The first-order valence-corrected chi connectivity index (χ1v) is 10.4. The van der Waals surface area contributed by atoms with Crippen molar-refractivity contribution >= 4 is 28.1 Å². The molecule has 0 aliphatic carbocycles. The average Bonchev–Trinajstić information content (AvgIpc) is 3.19. The molecule has 2 aliphatic rings. The molecule has 3 aromatic rings. The summed E-state index contributed by atoms with van der Waals surface area (Å²) < 4.78 is 22.4. The summed E-state index contributed by atoms with van der Waals surface area (Å²) in [5.74, 6) is 0.275. The van der Waals surface area contributed by atoms with Crippen molar-refractivity contribution in [2.45, 2.75) is 13.8 Å². The van der Waals surface area contributed by atoms with E-state index in [1.807, 2.05) is 31.1 Å². The summed E-state index contributed by atoms with van der Waals surface area (Å²) in [6, 6.07) is 4.41. The molecule has 5 rings (SSSR count). The number of rotatable bonds is 1. The minimum Gasteiger partial charge on any atom is -0.457 e. The lowest BCUT2D eigenvalue weighted by Crippen LogP contribution is -2.32. The number of hydrogen-bond donors (Lipinski definition) is 1. The van der Waals surface area contributed by atoms with Crippen LogP contribution in [0.1, 0.15) is 28.5 Å². The maximum atomic E-state index is 14.4. The van der Waals surface area contributed by atoms with Crippen LogP contribution in [0.4, 0.5) is 10.1 Å². The predicted molar refractivity (Wildman–Crippen MR) is 121 cm³/mol. The molecule has 1 aromatic carbocycles. The van der Waals surface area contributed by atoms with Crippen molar-refractivity contribution in [3.05, 3.63) is 75.4 Å². The number of pyridine rings is 1. The summed E-state index contributed by atoms with van der Waals surface area (Å²) >= 11 is 0. The molecule has 8 heteroatoms. The summed E-state index contributed by atoms with van der Waals surface area (Å²) in [5, 5.41) is 0.645. The first-order chi connectivity index (χ1) is 15.3. The fourth-order valence-corrected chi connectivity index (χ4v) is 4.39. The van der Waals surface area contributed by atoms with Gasteiger partial charge < -0.3 is 24.1 Å². The van der Waals surface area contributed by atoms with Gasteiger partial charge in [-0.1, -0.05) is 0 Å². The van der Waals surface area contributed by atoms with Crippen LogP contribution in [-0.4, -0.2) is 40.5 Å². The third-order valence-electron chi connectivity index (χ3n) is 5.97. The third-order valence-corrected chi connectivity index (χ3v) is 5.97. The normalized spacial score (nSPS) is 15.7. The van der Waals surface area contributed by atoms with E-state index in [-0.39, 0.29) is 17.2 Å². The van der Waals surface area contributed by atoms with Gasteiger partial charge in [-0.05, 0) is 43.8 Å². The molecule has 2 bridgehead atoms. The first-order valence-electron chi connectivity index (χ1n) is 10.4. The van der Waals surface area contributed by atoms with Crippen LogP contribution in [-0.2, 0) is 7.05 Å². The zero-order valence-electron chi connectivity index (χ0n) is 18.3. The summed E-state index contributed by atoms with van der Waals surface area (Å²) in [5.41, 5.74) is 2.91. The molecule has 0 atom stereocenters. The van der Waals surface area contributed by atoms with Gasteiger partial charge in [-0.3, -0.25) is 9.59 Å². The molecule has 4 heterocycles. The number of H-pyrrole nitrogens is 1. The highest BCUT2D eigenvalue weighted by molar-refractivity contribution is 6.09. The Morgan fingerprint density at radius 2 is 1.97 bits per heavy atom. The minimum absolute atomic E-state index is 0.231. The van der Waals surface area contributed by atoms with Crippen molar-refractivity contribution < 1.29 is 13.9 Å². The standard InChI is InChI=1S/C24H23FN4O3/c1-5-29-19-9-14(25)8-13(2)22(19)32-20-12-27(3)7-6-15(20)17-11-28(4)24(31)21-16(17)10-18(26-21)23(29)30/h6-11,26H,5,12H2,1-4H3. The van der Waals surface area contributed by atoms with Crippen LogP contribution in [0.15, 0.2) is 47.2 Å². The molecular weight excluding hydrogens is 411 g/mol. The van der Waals surface area contributed by atoms with Crippen molar-refractivity contribution in [2.75, 3.05) is 25.0 Å². The number of carbonyl (C=O) groups is 1. The Balaban J connectivity index is 1.91. The van der Waals surface area contributed by atoms with Crippen LogP contribution in [0.5, 0.6) is 5.75 Å². The van der Waals surface area contributed by atoms with E-state index in [0.717, 1.165) is 11.1 Å². The molecule has 1 amide bonds. The molecule has 32 heavy (non-hydrogen) atoms. The van der Waals surface area contributed by atoms with Crippen LogP contribution in [0.3, 0.4) is 0 Å². The molecule has 2 aliphatic heterocycles. The number of amides is 1. The summed E-state index contributed by atoms with van der Waals surface area (Å²) in [6.45, 7) is 4.35. The maximum Gasteiger partial charge on any atom is 0.274 e. The molecule has 2 aromatic heterocycles. The van der Waals surface area contributed by atoms with Crippen LogP contribution < -0.4 is 15.2 Å². The van der Waals surface area contributed by atoms with Crippen LogP contribution in [0.25, 0.3) is 16.5 Å². The van der Waals surface area contributed by atoms with Crippen LogP contribution in [0.2, 0.25) is 0 Å². The van der Waals surface area contributed by atoms with Gasteiger partial charge >= 0.3 is 0 Å². The number of ether oxygens (including phenoxy) is 1. The number of anilines is 1. The second kappa shape index (κ2) is 7.12. The van der Waals surface area contributed by atoms with E-state index >= 15 is 0 Å². The number of allylic oxidation sites excluding steroid dienone is 2. The smallest absolute Gasteiger partial charge is 0.274 e. The number of nitrogens with one attached hydrogen (secondary N) is 1. The molecule has 0 fully saturated rings. The number of fused-ring (bicyclic) bond motifs is 3. The molecule has 0 radical (unpaired) electrons. The number of aryl methyl sites for hydroxylation is 2. The fraction of sp³-hybridized carbons (Fsp3) is 0.250. The van der Waals surface area contributed by atoms with Gasteiger partial charge in [0.15, 0.2) is 5.75 Å². The molecule has 0 saturated heterocycles.